The van der Waals surface area contributed by atoms with Gasteiger partial charge in [-0.25, -0.2) is 19.3 Å². The molecule has 10 nitrogen and oxygen atoms in total. The number of alkyl halides is 3. The number of anilines is 1. The summed E-state index contributed by atoms with van der Waals surface area (Å²) in [5, 5.41) is 16.5. The highest BCUT2D eigenvalue weighted by atomic mass is 19.4. The number of pyridine rings is 1. The van der Waals surface area contributed by atoms with Crippen LogP contribution in [0.15, 0.2) is 24.8 Å². The van der Waals surface area contributed by atoms with Gasteiger partial charge in [0, 0.05) is 7.05 Å². The molecule has 3 aromatic rings. The van der Waals surface area contributed by atoms with E-state index in [2.05, 4.69) is 35.9 Å². The van der Waals surface area contributed by atoms with Gasteiger partial charge in [-0.3, -0.25) is 10.1 Å². The second kappa shape index (κ2) is 5.68. The summed E-state index contributed by atoms with van der Waals surface area (Å²) in [6, 6.07) is 1.69. The van der Waals surface area contributed by atoms with Crippen LogP contribution in [0.5, 0.6) is 0 Å². The van der Waals surface area contributed by atoms with Crippen LogP contribution in [0, 0.1) is 0 Å². The zero-order chi connectivity index (χ0) is 17.3. The highest BCUT2D eigenvalue weighted by Crippen LogP contribution is 2.29. The zero-order valence-electron chi connectivity index (χ0n) is 11.9. The van der Waals surface area contributed by atoms with Crippen molar-refractivity contribution in [3.05, 3.63) is 36.0 Å². The van der Waals surface area contributed by atoms with Crippen LogP contribution in [0.25, 0.3) is 5.82 Å². The number of nitrogens with zero attached hydrogens (tertiary/aromatic N) is 8. The highest BCUT2D eigenvalue weighted by molar-refractivity contribution is 6.05. The Labute approximate surface area is 131 Å². The van der Waals surface area contributed by atoms with Gasteiger partial charge < -0.3 is 0 Å². The number of carbonyl (C=O) groups is 1. The van der Waals surface area contributed by atoms with E-state index in [0.29, 0.717) is 6.07 Å². The number of amides is 1. The first kappa shape index (κ1) is 15.5. The first-order chi connectivity index (χ1) is 11.4. The van der Waals surface area contributed by atoms with Gasteiger partial charge in [0.25, 0.3) is 5.91 Å². The van der Waals surface area contributed by atoms with E-state index in [4.69, 9.17) is 0 Å². The molecule has 0 saturated carbocycles. The molecule has 1 N–H and O–H groups in total. The summed E-state index contributed by atoms with van der Waals surface area (Å²) in [7, 11) is 1.49. The lowest BCUT2D eigenvalue weighted by Crippen LogP contribution is -2.20. The Morgan fingerprint density at radius 2 is 2.08 bits per heavy atom. The molecule has 0 aromatic carbocycles. The van der Waals surface area contributed by atoms with Crippen molar-refractivity contribution in [2.75, 3.05) is 5.32 Å². The number of carbonyl (C=O) groups excluding carboxylic acids is 1. The van der Waals surface area contributed by atoms with E-state index in [1.54, 1.807) is 0 Å². The maximum absolute atomic E-state index is 12.9. The van der Waals surface area contributed by atoms with Crippen LogP contribution < -0.4 is 5.32 Å². The predicted octanol–water partition coefficient (Wildman–Crippen LogP) is 0.457. The molecule has 0 unspecified atom stereocenters. The molecule has 0 spiro atoms. The Morgan fingerprint density at radius 1 is 1.29 bits per heavy atom. The summed E-state index contributed by atoms with van der Waals surface area (Å²) >= 11 is 0. The first-order valence-electron chi connectivity index (χ1n) is 6.33. The maximum Gasteiger partial charge on any atom is 0.433 e. The van der Waals surface area contributed by atoms with Gasteiger partial charge in [0.1, 0.15) is 18.3 Å². The number of halogens is 3. The van der Waals surface area contributed by atoms with Crippen LogP contribution in [-0.4, -0.2) is 45.9 Å². The largest absolute Gasteiger partial charge is 0.433 e. The summed E-state index contributed by atoms with van der Waals surface area (Å²) in [4.78, 5) is 19.5. The normalized spacial score (nSPS) is 11.5. The van der Waals surface area contributed by atoms with Crippen LogP contribution in [-0.2, 0) is 13.2 Å². The van der Waals surface area contributed by atoms with Crippen molar-refractivity contribution in [1.82, 2.24) is 40.0 Å². The van der Waals surface area contributed by atoms with Gasteiger partial charge in [0.15, 0.2) is 5.82 Å². The molecule has 3 heterocycles. The molecule has 0 aliphatic heterocycles. The van der Waals surface area contributed by atoms with Crippen molar-refractivity contribution in [2.24, 2.45) is 7.05 Å². The van der Waals surface area contributed by atoms with Crippen molar-refractivity contribution in [3.8, 4) is 5.82 Å². The Bertz CT molecular complexity index is 871. The van der Waals surface area contributed by atoms with Gasteiger partial charge in [-0.15, -0.1) is 0 Å². The fraction of sp³-hybridized carbons (Fsp3) is 0.182. The molecule has 24 heavy (non-hydrogen) atoms. The zero-order valence-corrected chi connectivity index (χ0v) is 11.9. The molecule has 3 rings (SSSR count). The van der Waals surface area contributed by atoms with E-state index in [9.17, 15) is 18.0 Å². The molecular formula is C11H8F3N9O. The number of tetrazole rings is 1. The van der Waals surface area contributed by atoms with Crippen molar-refractivity contribution in [2.45, 2.75) is 6.18 Å². The predicted molar refractivity (Wildman–Crippen MR) is 70.9 cm³/mol. The molecule has 0 fully saturated rings. The average Bonchev–Trinajstić information content (AvgIpc) is 3.18. The summed E-state index contributed by atoms with van der Waals surface area (Å²) in [5.74, 6) is -1.06. The molecular weight excluding hydrogens is 331 g/mol. The standard InChI is InChI=1S/C11H8F3N9O/c1-22-10(19-20-21-22)18-9(24)6-2-3-7(11(12,13)14)17-8(6)23-5-15-4-16-23/h2-5H,1H3,(H,18,19,21,24). The molecule has 124 valence electrons. The summed E-state index contributed by atoms with van der Waals surface area (Å²) in [6.45, 7) is 0. The second-order valence-electron chi connectivity index (χ2n) is 4.49. The van der Waals surface area contributed by atoms with Crippen LogP contribution in [0.1, 0.15) is 16.1 Å². The van der Waals surface area contributed by atoms with Crippen molar-refractivity contribution >= 4 is 11.9 Å². The number of aryl methyl sites for hydroxylation is 1. The Hall–Kier alpha value is -3.38. The van der Waals surface area contributed by atoms with Gasteiger partial charge >= 0.3 is 6.18 Å². The van der Waals surface area contributed by atoms with Gasteiger partial charge in [0.05, 0.1) is 5.56 Å². The van der Waals surface area contributed by atoms with Gasteiger partial charge in [-0.05, 0) is 22.6 Å². The van der Waals surface area contributed by atoms with Crippen LogP contribution in [0.3, 0.4) is 0 Å². The molecule has 0 aliphatic rings. The molecule has 0 radical (unpaired) electrons. The van der Waals surface area contributed by atoms with E-state index in [1.165, 1.54) is 11.7 Å². The minimum absolute atomic E-state index is 0.0180. The van der Waals surface area contributed by atoms with Crippen LogP contribution in [0.4, 0.5) is 19.1 Å². The fourth-order valence-electron chi connectivity index (χ4n) is 1.78. The molecule has 0 aliphatic carbocycles. The summed E-state index contributed by atoms with van der Waals surface area (Å²) in [6.07, 6.45) is -2.43. The highest BCUT2D eigenvalue weighted by Gasteiger charge is 2.34. The third-order valence-electron chi connectivity index (χ3n) is 2.89. The summed E-state index contributed by atoms with van der Waals surface area (Å²) in [5.41, 5.74) is -1.32. The quantitative estimate of drug-likeness (QED) is 0.736. The molecule has 0 bridgehead atoms. The van der Waals surface area contributed by atoms with Gasteiger partial charge in [-0.1, -0.05) is 5.10 Å². The third-order valence-corrected chi connectivity index (χ3v) is 2.89. The van der Waals surface area contributed by atoms with E-state index in [-0.39, 0.29) is 17.3 Å². The first-order valence-corrected chi connectivity index (χ1v) is 6.33. The van der Waals surface area contributed by atoms with Crippen LogP contribution >= 0.6 is 0 Å². The topological polar surface area (TPSA) is 116 Å². The van der Waals surface area contributed by atoms with E-state index in [0.717, 1.165) is 23.4 Å². The van der Waals surface area contributed by atoms with Gasteiger partial charge in [0.2, 0.25) is 5.95 Å². The Morgan fingerprint density at radius 3 is 2.67 bits per heavy atom. The van der Waals surface area contributed by atoms with E-state index < -0.39 is 17.8 Å². The lowest BCUT2D eigenvalue weighted by molar-refractivity contribution is -0.141. The second-order valence-corrected chi connectivity index (χ2v) is 4.49. The number of hydrogen-bond acceptors (Lipinski definition) is 7. The lowest BCUT2D eigenvalue weighted by Gasteiger charge is -2.11. The monoisotopic (exact) mass is 339 g/mol. The number of aromatic nitrogens is 8. The number of rotatable bonds is 3. The maximum atomic E-state index is 12.9. The number of hydrogen-bond donors (Lipinski definition) is 1. The molecule has 3 aromatic heterocycles. The number of nitrogens with one attached hydrogen (secondary N) is 1. The molecule has 13 heteroatoms. The Balaban J connectivity index is 2.03. The lowest BCUT2D eigenvalue weighted by atomic mass is 10.2. The molecule has 0 saturated heterocycles. The third kappa shape index (κ3) is 2.90. The van der Waals surface area contributed by atoms with Crippen molar-refractivity contribution < 1.29 is 18.0 Å². The van der Waals surface area contributed by atoms with Crippen molar-refractivity contribution in [1.29, 1.82) is 0 Å². The van der Waals surface area contributed by atoms with Gasteiger partial charge in [-0.2, -0.15) is 18.3 Å². The van der Waals surface area contributed by atoms with Crippen molar-refractivity contribution in [3.63, 3.8) is 0 Å². The SMILES string of the molecule is Cn1nnnc1NC(=O)c1ccc(C(F)(F)F)nc1-n1cncn1. The minimum Gasteiger partial charge on any atom is -0.289 e. The smallest absolute Gasteiger partial charge is 0.289 e. The Kier molecular flexibility index (Phi) is 3.67. The fourth-order valence-corrected chi connectivity index (χ4v) is 1.78. The average molecular weight is 339 g/mol. The van der Waals surface area contributed by atoms with E-state index in [1.807, 2.05) is 0 Å². The molecule has 1 amide bonds. The van der Waals surface area contributed by atoms with Crippen LogP contribution in [0.2, 0.25) is 0 Å². The summed E-state index contributed by atoms with van der Waals surface area (Å²) < 4.78 is 40.7. The van der Waals surface area contributed by atoms with E-state index >= 15 is 0 Å². The minimum atomic E-state index is -4.67. The molecule has 0 atom stereocenters.